The Kier molecular flexibility index (Phi) is 7.34. The highest BCUT2D eigenvalue weighted by Gasteiger charge is 2.22. The van der Waals surface area contributed by atoms with Crippen LogP contribution in [0, 0.1) is 0 Å². The van der Waals surface area contributed by atoms with Gasteiger partial charge in [-0.3, -0.25) is 9.36 Å². The SMILES string of the molecule is CCN(C(=O)CSc1nnc(-c2ccccc2OC)n1-c1ccc(OC)cc1)C1=CCCC1. The molecule has 0 bridgehead atoms. The third-order valence-electron chi connectivity index (χ3n) is 5.62. The minimum absolute atomic E-state index is 0.0822. The van der Waals surface area contributed by atoms with Gasteiger partial charge in [-0.05, 0) is 62.6 Å². The molecule has 0 saturated heterocycles. The van der Waals surface area contributed by atoms with Crippen molar-refractivity contribution in [2.45, 2.75) is 31.3 Å². The Bertz CT molecular complexity index is 1140. The maximum Gasteiger partial charge on any atom is 0.237 e. The summed E-state index contributed by atoms with van der Waals surface area (Å²) in [5.41, 5.74) is 2.84. The lowest BCUT2D eigenvalue weighted by molar-refractivity contribution is -0.126. The largest absolute Gasteiger partial charge is 0.497 e. The van der Waals surface area contributed by atoms with Gasteiger partial charge in [0.05, 0.1) is 31.2 Å². The van der Waals surface area contributed by atoms with Crippen molar-refractivity contribution in [3.8, 4) is 28.6 Å². The number of carbonyl (C=O) groups is 1. The number of para-hydroxylation sites is 1. The Morgan fingerprint density at radius 3 is 2.55 bits per heavy atom. The number of thioether (sulfide) groups is 1. The molecule has 0 N–H and O–H groups in total. The fraction of sp³-hybridized carbons (Fsp3) is 0.320. The second kappa shape index (κ2) is 10.6. The van der Waals surface area contributed by atoms with Crippen LogP contribution in [0.1, 0.15) is 26.2 Å². The summed E-state index contributed by atoms with van der Waals surface area (Å²) in [7, 11) is 3.28. The second-order valence-corrected chi connectivity index (χ2v) is 8.50. The van der Waals surface area contributed by atoms with Gasteiger partial charge < -0.3 is 14.4 Å². The summed E-state index contributed by atoms with van der Waals surface area (Å²) in [6.07, 6.45) is 5.29. The van der Waals surface area contributed by atoms with Crippen molar-refractivity contribution in [2.24, 2.45) is 0 Å². The van der Waals surface area contributed by atoms with Crippen molar-refractivity contribution in [1.82, 2.24) is 19.7 Å². The Labute approximate surface area is 198 Å². The molecule has 4 rings (SSSR count). The van der Waals surface area contributed by atoms with Crippen LogP contribution in [-0.4, -0.2) is 52.1 Å². The maximum atomic E-state index is 13.0. The minimum Gasteiger partial charge on any atom is -0.497 e. The molecule has 1 aromatic heterocycles. The molecule has 2 aromatic carbocycles. The van der Waals surface area contributed by atoms with Crippen molar-refractivity contribution in [2.75, 3.05) is 26.5 Å². The van der Waals surface area contributed by atoms with Crippen LogP contribution >= 0.6 is 11.8 Å². The van der Waals surface area contributed by atoms with Gasteiger partial charge >= 0.3 is 0 Å². The molecule has 0 fully saturated rings. The Balaban J connectivity index is 1.67. The number of hydrogen-bond donors (Lipinski definition) is 0. The van der Waals surface area contributed by atoms with E-state index in [1.807, 2.05) is 64.9 Å². The first-order valence-electron chi connectivity index (χ1n) is 11.0. The topological polar surface area (TPSA) is 69.5 Å². The summed E-state index contributed by atoms with van der Waals surface area (Å²) in [4.78, 5) is 14.9. The number of allylic oxidation sites excluding steroid dienone is 2. The monoisotopic (exact) mass is 464 g/mol. The van der Waals surface area contributed by atoms with E-state index < -0.39 is 0 Å². The van der Waals surface area contributed by atoms with E-state index in [4.69, 9.17) is 9.47 Å². The summed E-state index contributed by atoms with van der Waals surface area (Å²) < 4.78 is 12.8. The van der Waals surface area contributed by atoms with Crippen molar-refractivity contribution < 1.29 is 14.3 Å². The Morgan fingerprint density at radius 2 is 1.88 bits per heavy atom. The fourth-order valence-electron chi connectivity index (χ4n) is 3.97. The van der Waals surface area contributed by atoms with Gasteiger partial charge in [0.2, 0.25) is 5.91 Å². The van der Waals surface area contributed by atoms with E-state index in [-0.39, 0.29) is 11.7 Å². The lowest BCUT2D eigenvalue weighted by Crippen LogP contribution is -2.31. The highest BCUT2D eigenvalue weighted by molar-refractivity contribution is 7.99. The van der Waals surface area contributed by atoms with E-state index in [0.717, 1.165) is 42.0 Å². The third-order valence-corrected chi connectivity index (χ3v) is 6.53. The van der Waals surface area contributed by atoms with Crippen molar-refractivity contribution in [3.05, 3.63) is 60.3 Å². The Hall–Kier alpha value is -3.26. The molecular weight excluding hydrogens is 436 g/mol. The van der Waals surface area contributed by atoms with Gasteiger partial charge in [-0.1, -0.05) is 30.0 Å². The molecule has 3 aromatic rings. The van der Waals surface area contributed by atoms with Crippen LogP contribution in [0.4, 0.5) is 0 Å². The second-order valence-electron chi connectivity index (χ2n) is 7.55. The van der Waals surface area contributed by atoms with Gasteiger partial charge in [0.25, 0.3) is 0 Å². The van der Waals surface area contributed by atoms with Gasteiger partial charge in [-0.15, -0.1) is 10.2 Å². The van der Waals surface area contributed by atoms with Crippen molar-refractivity contribution in [3.63, 3.8) is 0 Å². The molecule has 0 aliphatic heterocycles. The van der Waals surface area contributed by atoms with Gasteiger partial charge in [0.15, 0.2) is 11.0 Å². The highest BCUT2D eigenvalue weighted by Crippen LogP contribution is 2.34. The zero-order chi connectivity index (χ0) is 23.2. The van der Waals surface area contributed by atoms with Gasteiger partial charge in [-0.2, -0.15) is 0 Å². The first-order chi connectivity index (χ1) is 16.2. The van der Waals surface area contributed by atoms with E-state index in [1.165, 1.54) is 11.8 Å². The fourth-order valence-corrected chi connectivity index (χ4v) is 4.80. The number of rotatable bonds is 9. The summed E-state index contributed by atoms with van der Waals surface area (Å²) in [5.74, 6) is 2.49. The third kappa shape index (κ3) is 4.90. The van der Waals surface area contributed by atoms with Gasteiger partial charge in [0.1, 0.15) is 11.5 Å². The molecule has 8 heteroatoms. The number of methoxy groups -OCH3 is 2. The van der Waals surface area contributed by atoms with E-state index in [0.29, 0.717) is 23.3 Å². The summed E-state index contributed by atoms with van der Waals surface area (Å²) in [5, 5.41) is 9.57. The van der Waals surface area contributed by atoms with Crippen molar-refractivity contribution in [1.29, 1.82) is 0 Å². The molecule has 0 spiro atoms. The molecular formula is C25H28N4O3S. The molecule has 0 saturated carbocycles. The number of hydrogen-bond acceptors (Lipinski definition) is 6. The standard InChI is InChI=1S/C25H28N4O3S/c1-4-28(18-9-5-6-10-18)23(30)17-33-25-27-26-24(21-11-7-8-12-22(21)32-3)29(25)19-13-15-20(31-2)16-14-19/h7-9,11-16H,4-6,10,17H2,1-3H3. The van der Waals surface area contributed by atoms with E-state index in [2.05, 4.69) is 16.3 Å². The van der Waals surface area contributed by atoms with Crippen LogP contribution in [0.3, 0.4) is 0 Å². The van der Waals surface area contributed by atoms with Crippen molar-refractivity contribution >= 4 is 17.7 Å². The number of nitrogens with zero attached hydrogens (tertiary/aromatic N) is 4. The first kappa shape index (κ1) is 22.9. The first-order valence-corrected chi connectivity index (χ1v) is 12.0. The molecule has 1 aliphatic carbocycles. The summed E-state index contributed by atoms with van der Waals surface area (Å²) in [6.45, 7) is 2.68. The van der Waals surface area contributed by atoms with E-state index in [9.17, 15) is 4.79 Å². The number of benzene rings is 2. The quantitative estimate of drug-likeness (QED) is 0.417. The van der Waals surface area contributed by atoms with Crippen LogP contribution in [0.25, 0.3) is 17.1 Å². The Morgan fingerprint density at radius 1 is 1.09 bits per heavy atom. The highest BCUT2D eigenvalue weighted by atomic mass is 32.2. The smallest absolute Gasteiger partial charge is 0.237 e. The minimum atomic E-state index is 0.0822. The zero-order valence-corrected chi connectivity index (χ0v) is 20.0. The molecule has 7 nitrogen and oxygen atoms in total. The summed E-state index contributed by atoms with van der Waals surface area (Å²) >= 11 is 1.39. The zero-order valence-electron chi connectivity index (χ0n) is 19.2. The lowest BCUT2D eigenvalue weighted by atomic mass is 10.2. The molecule has 0 unspecified atom stereocenters. The molecule has 172 valence electrons. The van der Waals surface area contributed by atoms with Crippen LogP contribution in [0.2, 0.25) is 0 Å². The molecule has 33 heavy (non-hydrogen) atoms. The molecule has 1 heterocycles. The van der Waals surface area contributed by atoms with Crippen LogP contribution in [0.15, 0.2) is 65.5 Å². The predicted molar refractivity (Wildman–Crippen MR) is 130 cm³/mol. The number of ether oxygens (including phenoxy) is 2. The average Bonchev–Trinajstić information content (AvgIpc) is 3.53. The lowest BCUT2D eigenvalue weighted by Gasteiger charge is -2.22. The van der Waals surface area contributed by atoms with Crippen LogP contribution < -0.4 is 9.47 Å². The van der Waals surface area contributed by atoms with E-state index >= 15 is 0 Å². The number of amides is 1. The average molecular weight is 465 g/mol. The molecule has 1 aliphatic rings. The van der Waals surface area contributed by atoms with E-state index in [1.54, 1.807) is 14.2 Å². The van der Waals surface area contributed by atoms with Crippen LogP contribution in [-0.2, 0) is 4.79 Å². The van der Waals surface area contributed by atoms with Crippen LogP contribution in [0.5, 0.6) is 11.5 Å². The number of carbonyl (C=O) groups excluding carboxylic acids is 1. The van der Waals surface area contributed by atoms with Gasteiger partial charge in [-0.25, -0.2) is 0 Å². The number of aromatic nitrogens is 3. The summed E-state index contributed by atoms with van der Waals surface area (Å²) in [6, 6.07) is 15.4. The maximum absolute atomic E-state index is 13.0. The van der Waals surface area contributed by atoms with Gasteiger partial charge in [0, 0.05) is 12.2 Å². The molecule has 0 radical (unpaired) electrons. The normalized spacial score (nSPS) is 13.0. The molecule has 1 amide bonds. The molecule has 0 atom stereocenters. The predicted octanol–water partition coefficient (Wildman–Crippen LogP) is 4.96.